The van der Waals surface area contributed by atoms with Gasteiger partial charge in [0, 0.05) is 30.7 Å². The normalized spacial score (nSPS) is 25.4. The Morgan fingerprint density at radius 1 is 1.40 bits per heavy atom. The molecule has 0 radical (unpaired) electrons. The first-order valence-corrected chi connectivity index (χ1v) is 10.1. The number of rotatable bonds is 6. The van der Waals surface area contributed by atoms with Gasteiger partial charge in [0.25, 0.3) is 0 Å². The molecular weight excluding hydrogens is 342 g/mol. The number of H-pyrrole nitrogens is 1. The fourth-order valence-corrected chi connectivity index (χ4v) is 5.47. The van der Waals surface area contributed by atoms with Crippen molar-refractivity contribution in [3.63, 3.8) is 0 Å². The van der Waals surface area contributed by atoms with Crippen LogP contribution in [0.3, 0.4) is 0 Å². The second kappa shape index (κ2) is 5.93. The van der Waals surface area contributed by atoms with Gasteiger partial charge in [-0.1, -0.05) is 6.92 Å². The number of anilines is 1. The number of nitrogens with one attached hydrogen (secondary N) is 2. The fraction of sp³-hybridized carbons (Fsp3) is 0.625. The highest BCUT2D eigenvalue weighted by Crippen LogP contribution is 2.32. The van der Waals surface area contributed by atoms with Gasteiger partial charge in [0.15, 0.2) is 0 Å². The molecule has 2 fully saturated rings. The molecule has 1 aliphatic carbocycles. The van der Waals surface area contributed by atoms with Crippen molar-refractivity contribution in [2.45, 2.75) is 31.8 Å². The van der Waals surface area contributed by atoms with Crippen LogP contribution in [0.2, 0.25) is 0 Å². The highest BCUT2D eigenvalue weighted by Gasteiger charge is 2.41. The van der Waals surface area contributed by atoms with Gasteiger partial charge in [-0.2, -0.15) is 0 Å². The van der Waals surface area contributed by atoms with Crippen LogP contribution in [-0.4, -0.2) is 61.5 Å². The topological polar surface area (TPSA) is 100 Å². The summed E-state index contributed by atoms with van der Waals surface area (Å²) in [5.74, 6) is 1.00. The molecule has 0 unspecified atom stereocenters. The van der Waals surface area contributed by atoms with Crippen LogP contribution in [0.15, 0.2) is 18.6 Å². The van der Waals surface area contributed by atoms with Crippen molar-refractivity contribution in [3.8, 4) is 0 Å². The van der Waals surface area contributed by atoms with Crippen LogP contribution in [0.5, 0.6) is 0 Å². The smallest absolute Gasteiger partial charge is 0.212 e. The third-order valence-corrected chi connectivity index (χ3v) is 6.88. The molecule has 3 heterocycles. The monoisotopic (exact) mass is 365 g/mol. The molecular formula is C16H23N5O3S. The Morgan fingerprint density at radius 3 is 2.84 bits per heavy atom. The summed E-state index contributed by atoms with van der Waals surface area (Å²) in [5, 5.41) is 0.979. The van der Waals surface area contributed by atoms with Crippen molar-refractivity contribution in [2.24, 2.45) is 5.41 Å². The largest absolute Gasteiger partial charge is 0.380 e. The van der Waals surface area contributed by atoms with Gasteiger partial charge in [0.2, 0.25) is 10.0 Å². The summed E-state index contributed by atoms with van der Waals surface area (Å²) in [6.45, 7) is 2.99. The van der Waals surface area contributed by atoms with Crippen molar-refractivity contribution in [1.29, 1.82) is 0 Å². The van der Waals surface area contributed by atoms with Gasteiger partial charge in [-0.25, -0.2) is 23.1 Å². The lowest BCUT2D eigenvalue weighted by molar-refractivity contribution is -0.0871. The quantitative estimate of drug-likeness (QED) is 0.788. The van der Waals surface area contributed by atoms with E-state index in [0.29, 0.717) is 13.2 Å². The van der Waals surface area contributed by atoms with E-state index >= 15 is 0 Å². The summed E-state index contributed by atoms with van der Waals surface area (Å²) in [7, 11) is -1.28. The van der Waals surface area contributed by atoms with Gasteiger partial charge in [0.05, 0.1) is 24.4 Å². The molecule has 0 spiro atoms. The molecule has 0 amide bonds. The predicted octanol–water partition coefficient (Wildman–Crippen LogP) is 0.881. The first-order valence-electron chi connectivity index (χ1n) is 8.44. The van der Waals surface area contributed by atoms with Crippen LogP contribution in [-0.2, 0) is 14.8 Å². The molecule has 0 aromatic carbocycles. The summed E-state index contributed by atoms with van der Waals surface area (Å²) in [5.41, 5.74) is 0.566. The van der Waals surface area contributed by atoms with Crippen LogP contribution in [0.25, 0.3) is 11.0 Å². The standard InChI is InChI=1S/C16H23N5O3S/c1-16(7-24-8-16)9-25(22,23)20-11-5-12(6-11)21(2)15-13-3-4-17-14(13)18-10-19-15/h3-4,10-12,20H,5-9H2,1-2H3,(H,17,18,19)/t11-,12+. The second-order valence-corrected chi connectivity index (χ2v) is 9.30. The first-order chi connectivity index (χ1) is 11.9. The molecule has 8 nitrogen and oxygen atoms in total. The maximum absolute atomic E-state index is 12.3. The van der Waals surface area contributed by atoms with Gasteiger partial charge in [-0.3, -0.25) is 0 Å². The van der Waals surface area contributed by atoms with E-state index < -0.39 is 10.0 Å². The molecule has 4 rings (SSSR count). The van der Waals surface area contributed by atoms with Crippen molar-refractivity contribution < 1.29 is 13.2 Å². The summed E-state index contributed by atoms with van der Waals surface area (Å²) < 4.78 is 32.6. The van der Waals surface area contributed by atoms with Crippen molar-refractivity contribution in [2.75, 3.05) is 30.9 Å². The Balaban J connectivity index is 1.36. The zero-order valence-corrected chi connectivity index (χ0v) is 15.2. The molecule has 2 aliphatic rings. The van der Waals surface area contributed by atoms with E-state index in [1.807, 2.05) is 26.2 Å². The van der Waals surface area contributed by atoms with Gasteiger partial charge in [0.1, 0.15) is 17.8 Å². The van der Waals surface area contributed by atoms with E-state index in [9.17, 15) is 8.42 Å². The van der Waals surface area contributed by atoms with Crippen LogP contribution < -0.4 is 9.62 Å². The van der Waals surface area contributed by atoms with Crippen molar-refractivity contribution in [3.05, 3.63) is 18.6 Å². The van der Waals surface area contributed by atoms with Gasteiger partial charge >= 0.3 is 0 Å². The van der Waals surface area contributed by atoms with Crippen LogP contribution >= 0.6 is 0 Å². The minimum absolute atomic E-state index is 0.00871. The number of ether oxygens (including phenoxy) is 1. The third kappa shape index (κ3) is 3.23. The van der Waals surface area contributed by atoms with E-state index in [1.165, 1.54) is 0 Å². The van der Waals surface area contributed by atoms with Gasteiger partial charge in [-0.05, 0) is 18.9 Å². The molecule has 1 aliphatic heterocycles. The Bertz CT molecular complexity index is 871. The number of aromatic nitrogens is 3. The Morgan fingerprint density at radius 2 is 2.16 bits per heavy atom. The number of sulfonamides is 1. The maximum atomic E-state index is 12.3. The zero-order valence-electron chi connectivity index (χ0n) is 14.4. The van der Waals surface area contributed by atoms with Gasteiger partial charge < -0.3 is 14.6 Å². The Hall–Kier alpha value is -1.71. The van der Waals surface area contributed by atoms with Crippen LogP contribution in [0, 0.1) is 5.41 Å². The molecule has 0 bridgehead atoms. The number of hydrogen-bond acceptors (Lipinski definition) is 6. The minimum atomic E-state index is -3.28. The van der Waals surface area contributed by atoms with E-state index in [4.69, 9.17) is 4.74 Å². The Labute approximate surface area is 147 Å². The molecule has 1 saturated carbocycles. The number of fused-ring (bicyclic) bond motifs is 1. The van der Waals surface area contributed by atoms with Crippen LogP contribution in [0.1, 0.15) is 19.8 Å². The summed E-state index contributed by atoms with van der Waals surface area (Å²) in [6.07, 6.45) is 4.95. The highest BCUT2D eigenvalue weighted by atomic mass is 32.2. The summed E-state index contributed by atoms with van der Waals surface area (Å²) >= 11 is 0. The molecule has 2 N–H and O–H groups in total. The van der Waals surface area contributed by atoms with Crippen LogP contribution in [0.4, 0.5) is 5.82 Å². The fourth-order valence-electron chi connectivity index (χ4n) is 3.60. The highest BCUT2D eigenvalue weighted by molar-refractivity contribution is 7.89. The maximum Gasteiger partial charge on any atom is 0.212 e. The lowest BCUT2D eigenvalue weighted by Crippen LogP contribution is -2.55. The molecule has 136 valence electrons. The third-order valence-electron chi connectivity index (χ3n) is 5.11. The lowest BCUT2D eigenvalue weighted by Gasteiger charge is -2.43. The first kappa shape index (κ1) is 16.7. The van der Waals surface area contributed by atoms with Crippen molar-refractivity contribution in [1.82, 2.24) is 19.7 Å². The second-order valence-electron chi connectivity index (χ2n) is 7.55. The average molecular weight is 365 g/mol. The SMILES string of the molecule is CN(c1ncnc2[nH]ccc12)[C@H]1C[C@@H](NS(=O)(=O)CC2(C)COC2)C1. The molecule has 25 heavy (non-hydrogen) atoms. The molecule has 0 atom stereocenters. The number of hydrogen-bond donors (Lipinski definition) is 2. The Kier molecular flexibility index (Phi) is 3.97. The van der Waals surface area contributed by atoms with Crippen molar-refractivity contribution >= 4 is 26.9 Å². The molecule has 2 aromatic rings. The summed E-state index contributed by atoms with van der Waals surface area (Å²) in [6, 6.07) is 2.22. The molecule has 1 saturated heterocycles. The number of nitrogens with zero attached hydrogens (tertiary/aromatic N) is 3. The van der Waals surface area contributed by atoms with E-state index in [-0.39, 0.29) is 23.3 Å². The number of aromatic amines is 1. The van der Waals surface area contributed by atoms with E-state index in [1.54, 1.807) is 6.33 Å². The molecule has 9 heteroatoms. The lowest BCUT2D eigenvalue weighted by atomic mass is 9.86. The van der Waals surface area contributed by atoms with E-state index in [2.05, 4.69) is 24.6 Å². The zero-order chi connectivity index (χ0) is 17.7. The van der Waals surface area contributed by atoms with E-state index in [0.717, 1.165) is 29.7 Å². The van der Waals surface area contributed by atoms with Gasteiger partial charge in [-0.15, -0.1) is 0 Å². The minimum Gasteiger partial charge on any atom is -0.380 e. The summed E-state index contributed by atoms with van der Waals surface area (Å²) in [4.78, 5) is 13.8. The average Bonchev–Trinajstić information content (AvgIpc) is 2.96. The predicted molar refractivity (Wildman–Crippen MR) is 95.0 cm³/mol. The molecule has 2 aromatic heterocycles.